The van der Waals surface area contributed by atoms with Crippen LogP contribution in [0, 0.1) is 0 Å². The third-order valence-electron chi connectivity index (χ3n) is 3.51. The van der Waals surface area contributed by atoms with Gasteiger partial charge in [-0.15, -0.1) is 0 Å². The van der Waals surface area contributed by atoms with Gasteiger partial charge in [-0.3, -0.25) is 0 Å². The molecule has 0 unspecified atom stereocenters. The van der Waals surface area contributed by atoms with E-state index < -0.39 is 0 Å². The predicted octanol–water partition coefficient (Wildman–Crippen LogP) is 2.50. The number of rotatable bonds is 3. The van der Waals surface area contributed by atoms with Crippen molar-refractivity contribution in [1.29, 1.82) is 0 Å². The molecule has 0 bridgehead atoms. The van der Waals surface area contributed by atoms with Gasteiger partial charge in [0.25, 0.3) is 0 Å². The predicted molar refractivity (Wildman–Crippen MR) is 63.5 cm³/mol. The first kappa shape index (κ1) is 11.2. The number of hydrogen-bond donors (Lipinski definition) is 0. The van der Waals surface area contributed by atoms with Gasteiger partial charge in [-0.25, -0.2) is 0 Å². The highest BCUT2D eigenvalue weighted by molar-refractivity contribution is 5.13. The van der Waals surface area contributed by atoms with E-state index in [0.29, 0.717) is 19.8 Å². The molecule has 3 heteroatoms. The van der Waals surface area contributed by atoms with Gasteiger partial charge in [0, 0.05) is 12.8 Å². The van der Waals surface area contributed by atoms with E-state index >= 15 is 0 Å². The Morgan fingerprint density at radius 2 is 1.82 bits per heavy atom. The Labute approximate surface area is 102 Å². The average Bonchev–Trinajstić information content (AvgIpc) is 2.36. The van der Waals surface area contributed by atoms with Crippen molar-refractivity contribution in [3.8, 4) is 0 Å². The van der Waals surface area contributed by atoms with Crippen molar-refractivity contribution in [2.75, 3.05) is 13.2 Å². The van der Waals surface area contributed by atoms with Crippen LogP contribution in [0.25, 0.3) is 0 Å². The Kier molecular flexibility index (Phi) is 3.14. The van der Waals surface area contributed by atoms with Crippen molar-refractivity contribution in [2.45, 2.75) is 37.8 Å². The summed E-state index contributed by atoms with van der Waals surface area (Å²) in [6.07, 6.45) is 3.37. The summed E-state index contributed by atoms with van der Waals surface area (Å²) in [5.74, 6) is -0.243. The van der Waals surface area contributed by atoms with E-state index in [9.17, 15) is 0 Å². The fourth-order valence-corrected chi connectivity index (χ4v) is 2.22. The topological polar surface area (TPSA) is 27.7 Å². The van der Waals surface area contributed by atoms with Crippen molar-refractivity contribution in [1.82, 2.24) is 0 Å². The highest BCUT2D eigenvalue weighted by Gasteiger charge is 2.43. The highest BCUT2D eigenvalue weighted by Crippen LogP contribution is 2.39. The molecule has 2 fully saturated rings. The second-order valence-electron chi connectivity index (χ2n) is 4.80. The molecule has 1 spiro atoms. The first-order valence-electron chi connectivity index (χ1n) is 6.30. The van der Waals surface area contributed by atoms with Gasteiger partial charge in [-0.2, -0.15) is 0 Å². The summed E-state index contributed by atoms with van der Waals surface area (Å²) in [6, 6.07) is 10.2. The molecule has 1 saturated carbocycles. The molecule has 1 heterocycles. The van der Waals surface area contributed by atoms with Crippen LogP contribution < -0.4 is 0 Å². The molecule has 1 aromatic rings. The summed E-state index contributed by atoms with van der Waals surface area (Å²) in [5, 5.41) is 0. The van der Waals surface area contributed by atoms with E-state index in [0.717, 1.165) is 12.8 Å². The molecule has 92 valence electrons. The Balaban J connectivity index is 1.45. The second kappa shape index (κ2) is 4.77. The molecule has 1 aliphatic carbocycles. The van der Waals surface area contributed by atoms with Gasteiger partial charge < -0.3 is 14.2 Å². The normalized spacial score (nSPS) is 23.5. The first-order valence-corrected chi connectivity index (χ1v) is 6.30. The summed E-state index contributed by atoms with van der Waals surface area (Å²) in [5.41, 5.74) is 1.19. The lowest BCUT2D eigenvalue weighted by Gasteiger charge is -2.45. The van der Waals surface area contributed by atoms with Gasteiger partial charge in [0.1, 0.15) is 6.10 Å². The molecular formula is C14H18O3. The standard InChI is InChI=1S/C14H18O3/c1-2-5-12(6-3-1)9-15-13-10-16-14(17-11-13)7-4-8-14/h1-3,5-6,13H,4,7-11H2. The molecule has 17 heavy (non-hydrogen) atoms. The van der Waals surface area contributed by atoms with Crippen LogP contribution in [0.4, 0.5) is 0 Å². The lowest BCUT2D eigenvalue weighted by atomic mass is 9.90. The molecule has 1 aliphatic heterocycles. The van der Waals surface area contributed by atoms with Crippen LogP contribution >= 0.6 is 0 Å². The smallest absolute Gasteiger partial charge is 0.168 e. The molecule has 1 saturated heterocycles. The van der Waals surface area contributed by atoms with Crippen LogP contribution in [0.5, 0.6) is 0 Å². The molecule has 0 atom stereocenters. The molecule has 3 nitrogen and oxygen atoms in total. The van der Waals surface area contributed by atoms with Crippen LogP contribution in [0.1, 0.15) is 24.8 Å². The zero-order valence-electron chi connectivity index (χ0n) is 9.93. The van der Waals surface area contributed by atoms with Crippen molar-refractivity contribution in [3.05, 3.63) is 35.9 Å². The highest BCUT2D eigenvalue weighted by atomic mass is 16.7. The zero-order valence-corrected chi connectivity index (χ0v) is 9.93. The Morgan fingerprint density at radius 1 is 1.12 bits per heavy atom. The maximum atomic E-state index is 5.78. The maximum absolute atomic E-state index is 5.78. The van der Waals surface area contributed by atoms with Crippen LogP contribution in [0.15, 0.2) is 30.3 Å². The third kappa shape index (κ3) is 2.51. The quantitative estimate of drug-likeness (QED) is 0.804. The summed E-state index contributed by atoms with van der Waals surface area (Å²) in [6.45, 7) is 1.95. The SMILES string of the molecule is c1ccc(COC2COC3(CCC3)OC2)cc1. The van der Waals surface area contributed by atoms with Crippen LogP contribution in [0.2, 0.25) is 0 Å². The summed E-state index contributed by atoms with van der Waals surface area (Å²) in [7, 11) is 0. The largest absolute Gasteiger partial charge is 0.369 e. The summed E-state index contributed by atoms with van der Waals surface area (Å²) >= 11 is 0. The monoisotopic (exact) mass is 234 g/mol. The van der Waals surface area contributed by atoms with Gasteiger partial charge in [-0.1, -0.05) is 30.3 Å². The average molecular weight is 234 g/mol. The number of ether oxygens (including phenoxy) is 3. The molecule has 2 aliphatic rings. The molecule has 0 radical (unpaired) electrons. The molecule has 0 N–H and O–H groups in total. The minimum Gasteiger partial charge on any atom is -0.369 e. The van der Waals surface area contributed by atoms with Crippen molar-refractivity contribution >= 4 is 0 Å². The molecular weight excluding hydrogens is 216 g/mol. The fraction of sp³-hybridized carbons (Fsp3) is 0.571. The van der Waals surface area contributed by atoms with E-state index in [4.69, 9.17) is 14.2 Å². The maximum Gasteiger partial charge on any atom is 0.168 e. The molecule has 0 amide bonds. The van der Waals surface area contributed by atoms with Gasteiger partial charge in [0.2, 0.25) is 0 Å². The first-order chi connectivity index (χ1) is 8.36. The summed E-state index contributed by atoms with van der Waals surface area (Å²) < 4.78 is 17.3. The van der Waals surface area contributed by atoms with E-state index in [1.54, 1.807) is 0 Å². The molecule has 0 aromatic heterocycles. The minimum absolute atomic E-state index is 0.0708. The fourth-order valence-electron chi connectivity index (χ4n) is 2.22. The van der Waals surface area contributed by atoms with Gasteiger partial charge in [-0.05, 0) is 12.0 Å². The van der Waals surface area contributed by atoms with Crippen molar-refractivity contribution in [2.24, 2.45) is 0 Å². The lowest BCUT2D eigenvalue weighted by molar-refractivity contribution is -0.328. The van der Waals surface area contributed by atoms with Gasteiger partial charge in [0.15, 0.2) is 5.79 Å². The Morgan fingerprint density at radius 3 is 2.41 bits per heavy atom. The van der Waals surface area contributed by atoms with Gasteiger partial charge >= 0.3 is 0 Å². The van der Waals surface area contributed by atoms with E-state index in [1.807, 2.05) is 18.2 Å². The zero-order chi connectivity index (χ0) is 11.6. The Bertz CT molecular complexity index is 349. The number of benzene rings is 1. The van der Waals surface area contributed by atoms with Gasteiger partial charge in [0.05, 0.1) is 19.8 Å². The van der Waals surface area contributed by atoms with E-state index in [1.165, 1.54) is 12.0 Å². The third-order valence-corrected chi connectivity index (χ3v) is 3.51. The summed E-state index contributed by atoms with van der Waals surface area (Å²) in [4.78, 5) is 0. The van der Waals surface area contributed by atoms with Crippen LogP contribution in [-0.4, -0.2) is 25.1 Å². The van der Waals surface area contributed by atoms with E-state index in [-0.39, 0.29) is 11.9 Å². The van der Waals surface area contributed by atoms with E-state index in [2.05, 4.69) is 12.1 Å². The molecule has 3 rings (SSSR count). The van der Waals surface area contributed by atoms with Crippen molar-refractivity contribution < 1.29 is 14.2 Å². The minimum atomic E-state index is -0.243. The Hall–Kier alpha value is -0.900. The number of hydrogen-bond acceptors (Lipinski definition) is 3. The second-order valence-corrected chi connectivity index (χ2v) is 4.80. The molecule has 1 aromatic carbocycles. The van der Waals surface area contributed by atoms with Crippen molar-refractivity contribution in [3.63, 3.8) is 0 Å². The van der Waals surface area contributed by atoms with Crippen LogP contribution in [0.3, 0.4) is 0 Å². The van der Waals surface area contributed by atoms with Crippen LogP contribution in [-0.2, 0) is 20.8 Å². The lowest BCUT2D eigenvalue weighted by Crippen LogP contribution is -2.51.